The van der Waals surface area contributed by atoms with Gasteiger partial charge in [-0.1, -0.05) is 0 Å². The predicted molar refractivity (Wildman–Crippen MR) is 28.0 cm³/mol. The molecule has 0 aromatic rings. The molecule has 2 saturated heterocycles. The molecule has 4 heteroatoms. The molecule has 4 nitrogen and oxygen atoms in total. The van der Waals surface area contributed by atoms with Gasteiger partial charge >= 0.3 is 6.09 Å². The number of fused-ring (bicyclic) bond motifs is 1. The van der Waals surface area contributed by atoms with Gasteiger partial charge in [0.05, 0.1) is 19.3 Å². The van der Waals surface area contributed by atoms with Crippen LogP contribution in [-0.2, 0) is 9.47 Å². The lowest BCUT2D eigenvalue weighted by molar-refractivity contribution is 0.101. The third kappa shape index (κ3) is 0.666. The highest BCUT2D eigenvalue weighted by Crippen LogP contribution is 2.15. The van der Waals surface area contributed by atoms with Crippen LogP contribution in [0.15, 0.2) is 0 Å². The minimum atomic E-state index is -0.312. The van der Waals surface area contributed by atoms with Gasteiger partial charge in [0.25, 0.3) is 0 Å². The zero-order chi connectivity index (χ0) is 6.27. The third-order valence-corrected chi connectivity index (χ3v) is 1.59. The van der Waals surface area contributed by atoms with E-state index >= 15 is 0 Å². The van der Waals surface area contributed by atoms with E-state index in [1.165, 1.54) is 0 Å². The molecule has 0 aliphatic carbocycles. The minimum absolute atomic E-state index is 0.0301. The first-order chi connectivity index (χ1) is 4.36. The lowest BCUT2D eigenvalue weighted by Gasteiger charge is -1.99. The second kappa shape index (κ2) is 1.60. The van der Waals surface area contributed by atoms with Crippen molar-refractivity contribution < 1.29 is 14.3 Å². The molecular weight excluding hydrogens is 122 g/mol. The maximum absolute atomic E-state index is 10.5. The van der Waals surface area contributed by atoms with Gasteiger partial charge in [-0.25, -0.2) is 4.79 Å². The maximum atomic E-state index is 10.5. The molecule has 2 aliphatic heterocycles. The van der Waals surface area contributed by atoms with Gasteiger partial charge in [-0.3, -0.25) is 0 Å². The van der Waals surface area contributed by atoms with Crippen molar-refractivity contribution in [3.63, 3.8) is 0 Å². The second-order valence-electron chi connectivity index (χ2n) is 2.23. The fourth-order valence-electron chi connectivity index (χ4n) is 1.11. The van der Waals surface area contributed by atoms with Crippen LogP contribution in [0.3, 0.4) is 0 Å². The molecule has 0 aromatic heterocycles. The number of carbonyl (C=O) groups excluding carboxylic acids is 1. The first-order valence-electron chi connectivity index (χ1n) is 2.91. The topological polar surface area (TPSA) is 47.6 Å². The van der Waals surface area contributed by atoms with E-state index < -0.39 is 0 Å². The van der Waals surface area contributed by atoms with Crippen molar-refractivity contribution in [1.82, 2.24) is 5.32 Å². The van der Waals surface area contributed by atoms with E-state index in [1.54, 1.807) is 0 Å². The molecule has 0 bridgehead atoms. The number of rotatable bonds is 0. The van der Waals surface area contributed by atoms with E-state index in [-0.39, 0.29) is 18.2 Å². The highest BCUT2D eigenvalue weighted by Gasteiger charge is 2.38. The lowest BCUT2D eigenvalue weighted by Crippen LogP contribution is -2.29. The molecule has 2 aliphatic rings. The molecule has 2 rings (SSSR count). The fraction of sp³-hybridized carbons (Fsp3) is 0.800. The molecule has 0 saturated carbocycles. The summed E-state index contributed by atoms with van der Waals surface area (Å²) in [6, 6.07) is 0.109. The van der Waals surface area contributed by atoms with Gasteiger partial charge in [0.1, 0.15) is 6.10 Å². The number of hydrogen-bond donors (Lipinski definition) is 1. The summed E-state index contributed by atoms with van der Waals surface area (Å²) in [4.78, 5) is 10.5. The van der Waals surface area contributed by atoms with Gasteiger partial charge < -0.3 is 14.8 Å². The van der Waals surface area contributed by atoms with Crippen LogP contribution in [0.5, 0.6) is 0 Å². The first-order valence-corrected chi connectivity index (χ1v) is 2.91. The van der Waals surface area contributed by atoms with Crippen LogP contribution in [0.4, 0.5) is 4.79 Å². The van der Waals surface area contributed by atoms with Crippen molar-refractivity contribution in [3.05, 3.63) is 0 Å². The number of amides is 1. The molecule has 2 fully saturated rings. The average molecular weight is 129 g/mol. The van der Waals surface area contributed by atoms with Crippen molar-refractivity contribution in [1.29, 1.82) is 0 Å². The Labute approximate surface area is 52.1 Å². The molecule has 0 aromatic carbocycles. The minimum Gasteiger partial charge on any atom is -0.441 e. The maximum Gasteiger partial charge on any atom is 0.408 e. The normalized spacial score (nSPS) is 39.8. The van der Waals surface area contributed by atoms with Crippen LogP contribution in [0.2, 0.25) is 0 Å². The Morgan fingerprint density at radius 1 is 1.56 bits per heavy atom. The summed E-state index contributed by atoms with van der Waals surface area (Å²) in [7, 11) is 0. The zero-order valence-corrected chi connectivity index (χ0v) is 4.79. The molecule has 0 spiro atoms. The van der Waals surface area contributed by atoms with E-state index in [4.69, 9.17) is 9.47 Å². The zero-order valence-electron chi connectivity index (χ0n) is 4.79. The molecule has 9 heavy (non-hydrogen) atoms. The van der Waals surface area contributed by atoms with Gasteiger partial charge in [-0.15, -0.1) is 0 Å². The molecule has 0 radical (unpaired) electrons. The largest absolute Gasteiger partial charge is 0.441 e. The number of carbonyl (C=O) groups is 1. The van der Waals surface area contributed by atoms with Crippen LogP contribution in [-0.4, -0.2) is 31.5 Å². The van der Waals surface area contributed by atoms with Gasteiger partial charge in [-0.2, -0.15) is 0 Å². The number of hydrogen-bond acceptors (Lipinski definition) is 3. The summed E-state index contributed by atoms with van der Waals surface area (Å²) >= 11 is 0. The van der Waals surface area contributed by atoms with Crippen LogP contribution < -0.4 is 5.32 Å². The van der Waals surface area contributed by atoms with Gasteiger partial charge in [0.2, 0.25) is 0 Å². The standard InChI is InChI=1S/C5H7NO3/c7-5-6-3-1-8-2-4(3)9-5/h3-4H,1-2H2,(H,6,7). The van der Waals surface area contributed by atoms with Gasteiger partial charge in [0, 0.05) is 0 Å². The van der Waals surface area contributed by atoms with Crippen molar-refractivity contribution in [2.45, 2.75) is 12.1 Å². The quantitative estimate of drug-likeness (QED) is 0.479. The summed E-state index contributed by atoms with van der Waals surface area (Å²) in [6.45, 7) is 1.14. The predicted octanol–water partition coefficient (Wildman–Crippen LogP) is -0.506. The van der Waals surface area contributed by atoms with E-state index in [2.05, 4.69) is 5.32 Å². The van der Waals surface area contributed by atoms with Crippen LogP contribution in [0.1, 0.15) is 0 Å². The molecule has 1 N–H and O–H groups in total. The van der Waals surface area contributed by atoms with Crippen molar-refractivity contribution in [3.8, 4) is 0 Å². The first kappa shape index (κ1) is 5.05. The lowest BCUT2D eigenvalue weighted by atomic mass is 10.2. The van der Waals surface area contributed by atoms with Crippen molar-refractivity contribution in [2.24, 2.45) is 0 Å². The number of alkyl carbamates (subject to hydrolysis) is 1. The summed E-state index contributed by atoms with van der Waals surface area (Å²) in [5, 5.41) is 2.63. The summed E-state index contributed by atoms with van der Waals surface area (Å²) < 4.78 is 9.83. The van der Waals surface area contributed by atoms with Crippen LogP contribution in [0, 0.1) is 0 Å². The fourth-order valence-corrected chi connectivity index (χ4v) is 1.11. The van der Waals surface area contributed by atoms with E-state index in [0.29, 0.717) is 13.2 Å². The molecule has 2 heterocycles. The van der Waals surface area contributed by atoms with Crippen LogP contribution >= 0.6 is 0 Å². The highest BCUT2D eigenvalue weighted by atomic mass is 16.6. The Morgan fingerprint density at radius 2 is 2.44 bits per heavy atom. The summed E-state index contributed by atoms with van der Waals surface area (Å²) in [6.07, 6.45) is -0.342. The van der Waals surface area contributed by atoms with E-state index in [1.807, 2.05) is 0 Å². The Bertz CT molecular complexity index is 133. The molecule has 1 amide bonds. The average Bonchev–Trinajstić information content (AvgIpc) is 2.22. The smallest absolute Gasteiger partial charge is 0.408 e. The van der Waals surface area contributed by atoms with Crippen LogP contribution in [0.25, 0.3) is 0 Å². The van der Waals surface area contributed by atoms with E-state index in [9.17, 15) is 4.79 Å². The SMILES string of the molecule is O=C1NC2COCC2O1. The Kier molecular flexibility index (Phi) is 0.900. The van der Waals surface area contributed by atoms with Crippen molar-refractivity contribution in [2.75, 3.05) is 13.2 Å². The third-order valence-electron chi connectivity index (χ3n) is 1.59. The van der Waals surface area contributed by atoms with Gasteiger partial charge in [-0.05, 0) is 0 Å². The Hall–Kier alpha value is -0.770. The Balaban J connectivity index is 2.09. The number of nitrogens with one attached hydrogen (secondary N) is 1. The highest BCUT2D eigenvalue weighted by molar-refractivity contribution is 5.70. The number of ether oxygens (including phenoxy) is 2. The summed E-state index contributed by atoms with van der Waals surface area (Å²) in [5.41, 5.74) is 0. The van der Waals surface area contributed by atoms with E-state index in [0.717, 1.165) is 0 Å². The summed E-state index contributed by atoms with van der Waals surface area (Å²) in [5.74, 6) is 0. The van der Waals surface area contributed by atoms with Gasteiger partial charge in [0.15, 0.2) is 0 Å². The monoisotopic (exact) mass is 129 g/mol. The molecular formula is C5H7NO3. The second-order valence-corrected chi connectivity index (χ2v) is 2.23. The molecule has 2 atom stereocenters. The molecule has 2 unspecified atom stereocenters. The molecule has 50 valence electrons. The Morgan fingerprint density at radius 3 is 3.22 bits per heavy atom. The van der Waals surface area contributed by atoms with Crippen molar-refractivity contribution >= 4 is 6.09 Å².